The Kier molecular flexibility index (Phi) is 6.14. The fourth-order valence-electron chi connectivity index (χ4n) is 3.64. The molecule has 2 amide bonds. The highest BCUT2D eigenvalue weighted by Gasteiger charge is 2.38. The third-order valence-corrected chi connectivity index (χ3v) is 5.61. The van der Waals surface area contributed by atoms with Gasteiger partial charge in [-0.3, -0.25) is 14.9 Å². The number of pyridine rings is 1. The number of methoxy groups -OCH3 is 2. The number of rotatable bonds is 5. The molecule has 1 aromatic carbocycles. The fourth-order valence-corrected chi connectivity index (χ4v) is 3.64. The maximum Gasteiger partial charge on any atom is 0.335 e. The second-order valence-corrected chi connectivity index (χ2v) is 7.65. The first-order chi connectivity index (χ1) is 16.3. The lowest BCUT2D eigenvalue weighted by Gasteiger charge is -2.36. The SMILES string of the molecule is C/C=C(\C)c1cc2c(cn1)CN(c1c(F)c(OC)cc(OC)c1F)C(=O)N2c1cnc(C)cn1. The van der Waals surface area contributed by atoms with Crippen molar-refractivity contribution in [3.05, 3.63) is 65.4 Å². The molecule has 3 aromatic rings. The number of aryl methyl sites for hydroxylation is 1. The number of amides is 2. The molecule has 4 rings (SSSR count). The molecular weight excluding hydrogens is 444 g/mol. The van der Waals surface area contributed by atoms with Gasteiger partial charge in [0.1, 0.15) is 5.69 Å². The second-order valence-electron chi connectivity index (χ2n) is 7.65. The zero-order valence-corrected chi connectivity index (χ0v) is 19.4. The average Bonchev–Trinajstić information content (AvgIpc) is 2.84. The average molecular weight is 467 g/mol. The van der Waals surface area contributed by atoms with Crippen LogP contribution in [0.3, 0.4) is 0 Å². The van der Waals surface area contributed by atoms with Gasteiger partial charge < -0.3 is 9.47 Å². The Hall–Kier alpha value is -4.08. The number of aromatic nitrogens is 3. The summed E-state index contributed by atoms with van der Waals surface area (Å²) < 4.78 is 40.7. The van der Waals surface area contributed by atoms with Gasteiger partial charge >= 0.3 is 6.03 Å². The number of carbonyl (C=O) groups is 1. The van der Waals surface area contributed by atoms with E-state index >= 15 is 8.78 Å². The minimum Gasteiger partial charge on any atom is -0.493 e. The summed E-state index contributed by atoms with van der Waals surface area (Å²) in [6.07, 6.45) is 6.42. The van der Waals surface area contributed by atoms with Crippen molar-refractivity contribution in [2.24, 2.45) is 0 Å². The molecule has 0 bridgehead atoms. The Bertz CT molecular complexity index is 1270. The number of fused-ring (bicyclic) bond motifs is 1. The van der Waals surface area contributed by atoms with Crippen LogP contribution in [0, 0.1) is 18.6 Å². The minimum atomic E-state index is -1.03. The molecule has 0 unspecified atom stereocenters. The largest absolute Gasteiger partial charge is 0.493 e. The maximum absolute atomic E-state index is 15.3. The van der Waals surface area contributed by atoms with Crippen LogP contribution in [0.5, 0.6) is 11.5 Å². The number of nitrogens with zero attached hydrogens (tertiary/aromatic N) is 5. The van der Waals surface area contributed by atoms with E-state index in [1.807, 2.05) is 19.9 Å². The zero-order chi connectivity index (χ0) is 24.6. The highest BCUT2D eigenvalue weighted by Crippen LogP contribution is 2.42. The van der Waals surface area contributed by atoms with Crippen molar-refractivity contribution in [1.29, 1.82) is 0 Å². The molecule has 34 heavy (non-hydrogen) atoms. The summed E-state index contributed by atoms with van der Waals surface area (Å²) in [5.41, 5.74) is 2.69. The van der Waals surface area contributed by atoms with Gasteiger partial charge in [0.15, 0.2) is 29.0 Å². The van der Waals surface area contributed by atoms with Gasteiger partial charge in [-0.2, -0.15) is 0 Å². The molecule has 3 heterocycles. The van der Waals surface area contributed by atoms with E-state index < -0.39 is 23.4 Å². The smallest absolute Gasteiger partial charge is 0.335 e. The van der Waals surface area contributed by atoms with Crippen molar-refractivity contribution in [3.8, 4) is 11.5 Å². The molecule has 0 radical (unpaired) electrons. The van der Waals surface area contributed by atoms with Gasteiger partial charge in [-0.05, 0) is 32.4 Å². The minimum absolute atomic E-state index is 0.129. The highest BCUT2D eigenvalue weighted by molar-refractivity contribution is 6.10. The molecule has 10 heteroatoms. The first-order valence-corrected chi connectivity index (χ1v) is 10.4. The molecule has 0 spiro atoms. The topological polar surface area (TPSA) is 80.7 Å². The van der Waals surface area contributed by atoms with E-state index in [4.69, 9.17) is 9.47 Å². The van der Waals surface area contributed by atoms with Gasteiger partial charge in [0.25, 0.3) is 0 Å². The summed E-state index contributed by atoms with van der Waals surface area (Å²) >= 11 is 0. The number of hydrogen-bond donors (Lipinski definition) is 0. The third-order valence-electron chi connectivity index (χ3n) is 5.61. The van der Waals surface area contributed by atoms with Gasteiger partial charge in [0.05, 0.1) is 50.2 Å². The molecule has 0 atom stereocenters. The van der Waals surface area contributed by atoms with Crippen LogP contribution < -0.4 is 19.3 Å². The zero-order valence-electron chi connectivity index (χ0n) is 19.4. The number of carbonyl (C=O) groups excluding carboxylic acids is 1. The maximum atomic E-state index is 15.3. The molecule has 176 valence electrons. The van der Waals surface area contributed by atoms with Crippen molar-refractivity contribution < 1.29 is 23.0 Å². The molecule has 0 fully saturated rings. The first kappa shape index (κ1) is 23.1. The summed E-state index contributed by atoms with van der Waals surface area (Å²) in [5.74, 6) is -2.37. The van der Waals surface area contributed by atoms with E-state index in [0.717, 1.165) is 16.5 Å². The van der Waals surface area contributed by atoms with Crippen molar-refractivity contribution in [3.63, 3.8) is 0 Å². The molecule has 2 aromatic heterocycles. The second kappa shape index (κ2) is 9.05. The Morgan fingerprint density at radius 1 is 1.03 bits per heavy atom. The first-order valence-electron chi connectivity index (χ1n) is 10.4. The summed E-state index contributed by atoms with van der Waals surface area (Å²) in [6, 6.07) is 2.13. The van der Waals surface area contributed by atoms with Gasteiger partial charge in [-0.25, -0.2) is 23.5 Å². The molecule has 1 aliphatic heterocycles. The molecule has 8 nitrogen and oxygen atoms in total. The molecule has 0 saturated carbocycles. The molecule has 0 aliphatic carbocycles. The summed E-state index contributed by atoms with van der Waals surface area (Å²) in [7, 11) is 2.49. The lowest BCUT2D eigenvalue weighted by atomic mass is 10.1. The summed E-state index contributed by atoms with van der Waals surface area (Å²) in [6.45, 7) is 5.42. The fraction of sp³-hybridized carbons (Fsp3) is 0.250. The van der Waals surface area contributed by atoms with E-state index in [-0.39, 0.29) is 23.9 Å². The molecule has 0 saturated heterocycles. The third kappa shape index (κ3) is 3.81. The molecule has 1 aliphatic rings. The van der Waals surface area contributed by atoms with E-state index in [1.54, 1.807) is 19.2 Å². The number of halogens is 2. The van der Waals surface area contributed by atoms with Crippen LogP contribution in [0.15, 0.2) is 36.8 Å². The predicted molar refractivity (Wildman–Crippen MR) is 124 cm³/mol. The lowest BCUT2D eigenvalue weighted by molar-refractivity contribution is 0.251. The number of anilines is 3. The Labute approximate surface area is 195 Å². The van der Waals surface area contributed by atoms with Crippen molar-refractivity contribution in [1.82, 2.24) is 15.0 Å². The number of hydrogen-bond acceptors (Lipinski definition) is 6. The van der Waals surface area contributed by atoms with E-state index in [0.29, 0.717) is 22.6 Å². The van der Waals surface area contributed by atoms with Crippen LogP contribution in [-0.2, 0) is 6.54 Å². The van der Waals surface area contributed by atoms with E-state index in [1.165, 1.54) is 31.5 Å². The lowest BCUT2D eigenvalue weighted by Crippen LogP contribution is -2.46. The van der Waals surface area contributed by atoms with Crippen LogP contribution in [0.25, 0.3) is 5.57 Å². The number of ether oxygens (including phenoxy) is 2. The standard InChI is InChI=1S/C24H23F2N5O3/c1-6-13(2)16-7-17-15(10-28-16)12-30(24(32)31(17)20-11-27-14(3)9-29-20)23-21(25)18(33-4)8-19(34-5)22(23)26/h6-11H,12H2,1-5H3/b13-6+. The van der Waals surface area contributed by atoms with E-state index in [2.05, 4.69) is 15.0 Å². The Morgan fingerprint density at radius 2 is 1.71 bits per heavy atom. The van der Waals surface area contributed by atoms with Gasteiger partial charge in [0.2, 0.25) is 0 Å². The van der Waals surface area contributed by atoms with Gasteiger partial charge in [-0.15, -0.1) is 0 Å². The van der Waals surface area contributed by atoms with Crippen molar-refractivity contribution in [2.75, 3.05) is 24.0 Å². The van der Waals surface area contributed by atoms with E-state index in [9.17, 15) is 4.79 Å². The number of allylic oxidation sites excluding steroid dienone is 2. The van der Waals surface area contributed by atoms with Gasteiger partial charge in [-0.1, -0.05) is 6.08 Å². The summed E-state index contributed by atoms with van der Waals surface area (Å²) in [4.78, 5) is 29.0. The van der Waals surface area contributed by atoms with Crippen LogP contribution in [0.1, 0.15) is 30.8 Å². The van der Waals surface area contributed by atoms with Crippen LogP contribution in [-0.4, -0.2) is 35.2 Å². The normalized spacial score (nSPS) is 13.7. The molecular formula is C24H23F2N5O3. The van der Waals surface area contributed by atoms with Crippen LogP contribution in [0.2, 0.25) is 0 Å². The quantitative estimate of drug-likeness (QED) is 0.515. The number of benzene rings is 1. The molecule has 0 N–H and O–H groups in total. The summed E-state index contributed by atoms with van der Waals surface area (Å²) in [5, 5.41) is 0. The highest BCUT2D eigenvalue weighted by atomic mass is 19.1. The van der Waals surface area contributed by atoms with Crippen molar-refractivity contribution >= 4 is 28.8 Å². The number of urea groups is 1. The van der Waals surface area contributed by atoms with Crippen LogP contribution in [0.4, 0.5) is 30.8 Å². The Balaban J connectivity index is 1.95. The van der Waals surface area contributed by atoms with Crippen molar-refractivity contribution in [2.45, 2.75) is 27.3 Å². The van der Waals surface area contributed by atoms with Crippen LogP contribution >= 0.6 is 0 Å². The Morgan fingerprint density at radius 3 is 2.26 bits per heavy atom. The monoisotopic (exact) mass is 467 g/mol. The van der Waals surface area contributed by atoms with Gasteiger partial charge in [0, 0.05) is 17.8 Å². The predicted octanol–water partition coefficient (Wildman–Crippen LogP) is 5.18.